The molecule has 3 rings (SSSR count). The van der Waals surface area contributed by atoms with Crippen molar-refractivity contribution in [3.8, 4) is 5.69 Å². The van der Waals surface area contributed by atoms with E-state index in [1.807, 2.05) is 53.1 Å². The summed E-state index contributed by atoms with van der Waals surface area (Å²) in [5.74, 6) is -0.986. The van der Waals surface area contributed by atoms with Gasteiger partial charge in [-0.2, -0.15) is 0 Å². The number of para-hydroxylation sites is 2. The van der Waals surface area contributed by atoms with Crippen LogP contribution in [-0.4, -0.2) is 26.7 Å². The highest BCUT2D eigenvalue weighted by Crippen LogP contribution is 2.18. The van der Waals surface area contributed by atoms with Crippen LogP contribution in [0.3, 0.4) is 0 Å². The molecule has 0 bridgehead atoms. The summed E-state index contributed by atoms with van der Waals surface area (Å²) in [4.78, 5) is 15.1. The molecule has 1 heterocycles. The zero-order valence-electron chi connectivity index (χ0n) is 11.3. The van der Waals surface area contributed by atoms with Gasteiger partial charge in [-0.1, -0.05) is 24.3 Å². The summed E-state index contributed by atoms with van der Waals surface area (Å²) in [7, 11) is 0. The smallest absolute Gasteiger partial charge is 0.320 e. The van der Waals surface area contributed by atoms with Gasteiger partial charge in [0.25, 0.3) is 0 Å². The molecule has 0 aliphatic rings. The minimum absolute atomic E-state index is 0.320. The first-order valence-electron chi connectivity index (χ1n) is 6.65. The van der Waals surface area contributed by atoms with E-state index in [-0.39, 0.29) is 0 Å². The average molecular weight is 281 g/mol. The van der Waals surface area contributed by atoms with Gasteiger partial charge >= 0.3 is 5.97 Å². The van der Waals surface area contributed by atoms with Gasteiger partial charge in [-0.05, 0) is 36.2 Å². The molecule has 1 aromatic heterocycles. The van der Waals surface area contributed by atoms with Crippen LogP contribution in [0.2, 0.25) is 0 Å². The number of carboxylic acid groups (broad SMARTS) is 1. The van der Waals surface area contributed by atoms with Crippen molar-refractivity contribution in [2.75, 3.05) is 0 Å². The number of fused-ring (bicyclic) bond motifs is 1. The summed E-state index contributed by atoms with van der Waals surface area (Å²) < 4.78 is 2.00. The van der Waals surface area contributed by atoms with Crippen molar-refractivity contribution in [3.63, 3.8) is 0 Å². The highest BCUT2D eigenvalue weighted by Gasteiger charge is 2.12. The van der Waals surface area contributed by atoms with Crippen LogP contribution in [0.15, 0.2) is 54.9 Å². The van der Waals surface area contributed by atoms with Gasteiger partial charge in [0.1, 0.15) is 12.4 Å². The number of nitrogens with zero attached hydrogens (tertiary/aromatic N) is 2. The number of hydrogen-bond donors (Lipinski definition) is 2. The number of rotatable bonds is 4. The van der Waals surface area contributed by atoms with Crippen molar-refractivity contribution < 1.29 is 9.90 Å². The van der Waals surface area contributed by atoms with Gasteiger partial charge in [0, 0.05) is 5.69 Å². The SMILES string of the molecule is NC(Cc1ccc(-n2cnc3ccccc32)cc1)C(=O)O. The van der Waals surface area contributed by atoms with Crippen molar-refractivity contribution in [2.45, 2.75) is 12.5 Å². The number of hydrogen-bond acceptors (Lipinski definition) is 3. The largest absolute Gasteiger partial charge is 0.480 e. The van der Waals surface area contributed by atoms with Crippen molar-refractivity contribution in [2.24, 2.45) is 5.73 Å². The highest BCUT2D eigenvalue weighted by atomic mass is 16.4. The fraction of sp³-hybridized carbons (Fsp3) is 0.125. The molecule has 2 aromatic carbocycles. The summed E-state index contributed by atoms with van der Waals surface area (Å²) in [5, 5.41) is 8.83. The molecule has 3 aromatic rings. The summed E-state index contributed by atoms with van der Waals surface area (Å²) in [6.07, 6.45) is 2.10. The average Bonchev–Trinajstić information content (AvgIpc) is 2.92. The maximum Gasteiger partial charge on any atom is 0.320 e. The van der Waals surface area contributed by atoms with E-state index in [1.165, 1.54) is 0 Å². The van der Waals surface area contributed by atoms with E-state index in [2.05, 4.69) is 4.98 Å². The lowest BCUT2D eigenvalue weighted by Gasteiger charge is -2.08. The van der Waals surface area contributed by atoms with Crippen LogP contribution in [-0.2, 0) is 11.2 Å². The fourth-order valence-electron chi connectivity index (χ4n) is 2.30. The van der Waals surface area contributed by atoms with Crippen molar-refractivity contribution >= 4 is 17.0 Å². The summed E-state index contributed by atoms with van der Waals surface area (Å²) in [6, 6.07) is 14.7. The van der Waals surface area contributed by atoms with Crippen molar-refractivity contribution in [1.29, 1.82) is 0 Å². The maximum absolute atomic E-state index is 10.8. The first-order valence-corrected chi connectivity index (χ1v) is 6.65. The number of carbonyl (C=O) groups is 1. The minimum atomic E-state index is -0.986. The van der Waals surface area contributed by atoms with E-state index >= 15 is 0 Å². The molecule has 0 spiro atoms. The van der Waals surface area contributed by atoms with Crippen LogP contribution in [0.5, 0.6) is 0 Å². The Kier molecular flexibility index (Phi) is 3.41. The molecule has 0 fully saturated rings. The molecule has 0 aliphatic carbocycles. The van der Waals surface area contributed by atoms with Gasteiger partial charge in [-0.25, -0.2) is 4.98 Å². The minimum Gasteiger partial charge on any atom is -0.480 e. The van der Waals surface area contributed by atoms with Crippen LogP contribution in [0.25, 0.3) is 16.7 Å². The van der Waals surface area contributed by atoms with E-state index < -0.39 is 12.0 Å². The quantitative estimate of drug-likeness (QED) is 0.766. The van der Waals surface area contributed by atoms with Crippen LogP contribution in [0, 0.1) is 0 Å². The molecule has 5 nitrogen and oxygen atoms in total. The molecule has 0 aliphatic heterocycles. The predicted molar refractivity (Wildman–Crippen MR) is 80.4 cm³/mol. The number of aliphatic carboxylic acids is 1. The Balaban J connectivity index is 1.89. The Bertz CT molecular complexity index is 778. The van der Waals surface area contributed by atoms with Gasteiger partial charge in [-0.3, -0.25) is 9.36 Å². The zero-order valence-corrected chi connectivity index (χ0v) is 11.3. The lowest BCUT2D eigenvalue weighted by atomic mass is 10.1. The van der Waals surface area contributed by atoms with Crippen molar-refractivity contribution in [1.82, 2.24) is 9.55 Å². The first kappa shape index (κ1) is 13.3. The Hall–Kier alpha value is -2.66. The fourth-order valence-corrected chi connectivity index (χ4v) is 2.30. The molecule has 1 unspecified atom stereocenters. The summed E-state index contributed by atoms with van der Waals surface area (Å²) >= 11 is 0. The van der Waals surface area contributed by atoms with Gasteiger partial charge in [0.05, 0.1) is 11.0 Å². The Morgan fingerprint density at radius 2 is 1.90 bits per heavy atom. The van der Waals surface area contributed by atoms with Crippen LogP contribution in [0.4, 0.5) is 0 Å². The Morgan fingerprint density at radius 3 is 2.62 bits per heavy atom. The first-order chi connectivity index (χ1) is 10.1. The Morgan fingerprint density at radius 1 is 1.19 bits per heavy atom. The lowest BCUT2D eigenvalue weighted by molar-refractivity contribution is -0.138. The second-order valence-electron chi connectivity index (χ2n) is 4.92. The van der Waals surface area contributed by atoms with Crippen molar-refractivity contribution in [3.05, 3.63) is 60.4 Å². The molecule has 0 saturated heterocycles. The van der Waals surface area contributed by atoms with E-state index in [1.54, 1.807) is 6.33 Å². The molecule has 5 heteroatoms. The van der Waals surface area contributed by atoms with Crippen LogP contribution >= 0.6 is 0 Å². The zero-order chi connectivity index (χ0) is 14.8. The number of carboxylic acids is 1. The van der Waals surface area contributed by atoms with Gasteiger partial charge in [-0.15, -0.1) is 0 Å². The number of imidazole rings is 1. The lowest BCUT2D eigenvalue weighted by Crippen LogP contribution is -2.32. The molecule has 0 radical (unpaired) electrons. The maximum atomic E-state index is 10.8. The predicted octanol–water partition coefficient (Wildman–Crippen LogP) is 1.98. The van der Waals surface area contributed by atoms with E-state index in [4.69, 9.17) is 10.8 Å². The molecule has 0 amide bonds. The third-order valence-electron chi connectivity index (χ3n) is 3.44. The van der Waals surface area contributed by atoms with Gasteiger partial charge in [0.15, 0.2) is 0 Å². The summed E-state index contributed by atoms with van der Waals surface area (Å²) in [5.41, 5.74) is 9.40. The van der Waals surface area contributed by atoms with E-state index in [0.29, 0.717) is 6.42 Å². The molecule has 1 atom stereocenters. The normalized spacial score (nSPS) is 12.4. The molecular formula is C16H15N3O2. The second kappa shape index (κ2) is 5.38. The van der Waals surface area contributed by atoms with Crippen LogP contribution < -0.4 is 5.73 Å². The van der Waals surface area contributed by atoms with Crippen LogP contribution in [0.1, 0.15) is 5.56 Å². The highest BCUT2D eigenvalue weighted by molar-refractivity contribution is 5.77. The molecule has 21 heavy (non-hydrogen) atoms. The van der Waals surface area contributed by atoms with E-state index in [9.17, 15) is 4.79 Å². The Labute approximate surface area is 121 Å². The molecular weight excluding hydrogens is 266 g/mol. The number of benzene rings is 2. The third-order valence-corrected chi connectivity index (χ3v) is 3.44. The van der Waals surface area contributed by atoms with Gasteiger partial charge < -0.3 is 10.8 Å². The topological polar surface area (TPSA) is 81.1 Å². The second-order valence-corrected chi connectivity index (χ2v) is 4.92. The molecule has 106 valence electrons. The van der Waals surface area contributed by atoms with Gasteiger partial charge in [0.2, 0.25) is 0 Å². The standard InChI is InChI=1S/C16H15N3O2/c17-13(16(20)21)9-11-5-7-12(8-6-11)19-10-18-14-3-1-2-4-15(14)19/h1-8,10,13H,9,17H2,(H,20,21). The molecule has 0 saturated carbocycles. The van der Waals surface area contributed by atoms with E-state index in [0.717, 1.165) is 22.3 Å². The monoisotopic (exact) mass is 281 g/mol. The third kappa shape index (κ3) is 2.64. The number of aromatic nitrogens is 2. The molecule has 3 N–H and O–H groups in total. The summed E-state index contributed by atoms with van der Waals surface area (Å²) in [6.45, 7) is 0. The number of nitrogens with two attached hydrogens (primary N) is 1.